The van der Waals surface area contributed by atoms with Crippen molar-refractivity contribution in [2.24, 2.45) is 0 Å². The number of aliphatic carboxylic acids is 1. The van der Waals surface area contributed by atoms with E-state index >= 15 is 0 Å². The normalized spacial score (nSPS) is 13.0. The Morgan fingerprint density at radius 2 is 1.70 bits per heavy atom. The molecule has 176 valence electrons. The zero-order chi connectivity index (χ0) is 23.8. The molecule has 0 saturated heterocycles. The minimum Gasteiger partial charge on any atom is -0.480 e. The number of alkyl carbamates (subject to hydrolysis) is 1. The fourth-order valence-corrected chi connectivity index (χ4v) is 4.38. The van der Waals surface area contributed by atoms with Crippen molar-refractivity contribution in [3.63, 3.8) is 0 Å². The average Bonchev–Trinajstić information content (AvgIpc) is 3.13. The number of ether oxygens (including phenoxy) is 2. The summed E-state index contributed by atoms with van der Waals surface area (Å²) in [7, 11) is 1.41. The molecule has 9 heteroatoms. The van der Waals surface area contributed by atoms with E-state index in [1.165, 1.54) is 23.8 Å². The minimum absolute atomic E-state index is 0.0988. The maximum atomic E-state index is 12.9. The Morgan fingerprint density at radius 3 is 2.24 bits per heavy atom. The molecule has 2 aromatic rings. The number of hydrogen-bond acceptors (Lipinski definition) is 6. The van der Waals surface area contributed by atoms with E-state index in [9.17, 15) is 14.4 Å². The molecule has 0 spiro atoms. The number of amides is 2. The van der Waals surface area contributed by atoms with Gasteiger partial charge in [0.1, 0.15) is 19.2 Å². The summed E-state index contributed by atoms with van der Waals surface area (Å²) in [6, 6.07) is 15.0. The standard InChI is InChI=1S/C24H28N2O6S/c1-31-15-21(23(29)26(11-12-33-2)13-22(27)28)25-24(30)32-14-20-18-9-5-3-7-16(18)17-8-4-6-10-19(17)20/h3-10,20-21H,11-15H2,1-2H3,(H,25,30)(H,27,28). The molecule has 2 N–H and O–H groups in total. The number of carbonyl (C=O) groups is 3. The van der Waals surface area contributed by atoms with Crippen LogP contribution >= 0.6 is 11.8 Å². The second-order valence-corrected chi connectivity index (χ2v) is 8.61. The largest absolute Gasteiger partial charge is 0.480 e. The zero-order valence-electron chi connectivity index (χ0n) is 18.7. The molecule has 1 unspecified atom stereocenters. The molecule has 0 fully saturated rings. The highest BCUT2D eigenvalue weighted by atomic mass is 32.2. The van der Waals surface area contributed by atoms with Crippen molar-refractivity contribution >= 4 is 29.7 Å². The maximum absolute atomic E-state index is 12.9. The molecule has 1 atom stereocenters. The first-order valence-corrected chi connectivity index (χ1v) is 12.0. The molecule has 0 heterocycles. The average molecular weight is 473 g/mol. The summed E-state index contributed by atoms with van der Waals surface area (Å²) in [5.41, 5.74) is 4.40. The van der Waals surface area contributed by atoms with Gasteiger partial charge in [-0.1, -0.05) is 48.5 Å². The highest BCUT2D eigenvalue weighted by Gasteiger charge is 2.31. The number of nitrogens with zero attached hydrogens (tertiary/aromatic N) is 1. The Labute approximate surface area is 197 Å². The molecular formula is C24H28N2O6S. The van der Waals surface area contributed by atoms with Gasteiger partial charge in [0.25, 0.3) is 0 Å². The molecule has 0 aliphatic heterocycles. The molecular weight excluding hydrogens is 444 g/mol. The number of benzene rings is 2. The molecule has 1 aliphatic rings. The van der Waals surface area contributed by atoms with Crippen molar-refractivity contribution in [2.75, 3.05) is 45.4 Å². The van der Waals surface area contributed by atoms with E-state index in [0.29, 0.717) is 5.75 Å². The van der Waals surface area contributed by atoms with Gasteiger partial charge < -0.3 is 24.8 Å². The van der Waals surface area contributed by atoms with E-state index in [1.807, 2.05) is 54.8 Å². The molecule has 33 heavy (non-hydrogen) atoms. The Kier molecular flexibility index (Phi) is 8.73. The molecule has 8 nitrogen and oxygen atoms in total. The molecule has 2 aromatic carbocycles. The van der Waals surface area contributed by atoms with E-state index in [0.717, 1.165) is 22.3 Å². The molecule has 0 aromatic heterocycles. The molecule has 0 saturated carbocycles. The SMILES string of the molecule is COCC(NC(=O)OCC1c2ccccc2-c2ccccc21)C(=O)N(CCSC)CC(=O)O. The highest BCUT2D eigenvalue weighted by molar-refractivity contribution is 7.98. The number of thioether (sulfide) groups is 1. The monoisotopic (exact) mass is 472 g/mol. The third-order valence-corrected chi connectivity index (χ3v) is 6.06. The van der Waals surface area contributed by atoms with Crippen molar-refractivity contribution in [1.29, 1.82) is 0 Å². The van der Waals surface area contributed by atoms with Gasteiger partial charge in [-0.2, -0.15) is 11.8 Å². The number of carboxylic acid groups (broad SMARTS) is 1. The van der Waals surface area contributed by atoms with Crippen LogP contribution in [0.25, 0.3) is 11.1 Å². The first-order chi connectivity index (χ1) is 16.0. The van der Waals surface area contributed by atoms with Gasteiger partial charge >= 0.3 is 12.1 Å². The van der Waals surface area contributed by atoms with Crippen LogP contribution in [-0.4, -0.2) is 79.4 Å². The second-order valence-electron chi connectivity index (χ2n) is 7.62. The summed E-state index contributed by atoms with van der Waals surface area (Å²) < 4.78 is 10.6. The van der Waals surface area contributed by atoms with Crippen LogP contribution in [0, 0.1) is 0 Å². The topological polar surface area (TPSA) is 105 Å². The van der Waals surface area contributed by atoms with Gasteiger partial charge in [0.05, 0.1) is 6.61 Å². The van der Waals surface area contributed by atoms with Crippen molar-refractivity contribution in [1.82, 2.24) is 10.2 Å². The van der Waals surface area contributed by atoms with Crippen LogP contribution in [0.2, 0.25) is 0 Å². The van der Waals surface area contributed by atoms with Gasteiger partial charge in [0.2, 0.25) is 5.91 Å². The van der Waals surface area contributed by atoms with E-state index in [1.54, 1.807) is 0 Å². The lowest BCUT2D eigenvalue weighted by Crippen LogP contribution is -2.52. The van der Waals surface area contributed by atoms with Crippen molar-refractivity contribution < 1.29 is 29.0 Å². The van der Waals surface area contributed by atoms with Gasteiger partial charge in [0, 0.05) is 25.3 Å². The van der Waals surface area contributed by atoms with Crippen LogP contribution in [0.4, 0.5) is 4.79 Å². The van der Waals surface area contributed by atoms with Crippen molar-refractivity contribution in [3.05, 3.63) is 59.7 Å². The fraction of sp³-hybridized carbons (Fsp3) is 0.375. The number of hydrogen-bond donors (Lipinski definition) is 2. The van der Waals surface area contributed by atoms with Crippen molar-refractivity contribution in [3.8, 4) is 11.1 Å². The zero-order valence-corrected chi connectivity index (χ0v) is 19.5. The Hall–Kier alpha value is -3.04. The van der Waals surface area contributed by atoms with Gasteiger partial charge in [-0.15, -0.1) is 0 Å². The third kappa shape index (κ3) is 6.06. The summed E-state index contributed by atoms with van der Waals surface area (Å²) >= 11 is 1.49. The quantitative estimate of drug-likeness (QED) is 0.518. The number of fused-ring (bicyclic) bond motifs is 3. The Morgan fingerprint density at radius 1 is 1.09 bits per heavy atom. The Balaban J connectivity index is 1.67. The minimum atomic E-state index is -1.12. The first kappa shape index (κ1) is 24.6. The van der Waals surface area contributed by atoms with Crippen LogP contribution < -0.4 is 5.32 Å². The molecule has 0 radical (unpaired) electrons. The fourth-order valence-electron chi connectivity index (χ4n) is 3.98. The lowest BCUT2D eigenvalue weighted by molar-refractivity contribution is -0.145. The Bertz CT molecular complexity index is 953. The predicted molar refractivity (Wildman–Crippen MR) is 126 cm³/mol. The molecule has 0 bridgehead atoms. The van der Waals surface area contributed by atoms with Crippen LogP contribution in [-0.2, 0) is 19.1 Å². The third-order valence-electron chi connectivity index (χ3n) is 5.47. The van der Waals surface area contributed by atoms with Gasteiger partial charge in [-0.25, -0.2) is 4.79 Å². The van der Waals surface area contributed by atoms with Gasteiger partial charge in [0.15, 0.2) is 0 Å². The number of carboxylic acids is 1. The van der Waals surface area contributed by atoms with Crippen LogP contribution in [0.5, 0.6) is 0 Å². The number of nitrogens with one attached hydrogen (secondary N) is 1. The van der Waals surface area contributed by atoms with E-state index in [4.69, 9.17) is 14.6 Å². The van der Waals surface area contributed by atoms with E-state index in [2.05, 4.69) is 5.32 Å². The smallest absolute Gasteiger partial charge is 0.407 e. The lowest BCUT2D eigenvalue weighted by atomic mass is 9.98. The van der Waals surface area contributed by atoms with E-state index < -0.39 is 30.6 Å². The summed E-state index contributed by atoms with van der Waals surface area (Å²) in [5.74, 6) is -1.18. The predicted octanol–water partition coefficient (Wildman–Crippen LogP) is 2.82. The maximum Gasteiger partial charge on any atom is 0.407 e. The summed E-state index contributed by atoms with van der Waals surface area (Å²) in [6.07, 6.45) is 1.11. The number of rotatable bonds is 11. The summed E-state index contributed by atoms with van der Waals surface area (Å²) in [5, 5.41) is 11.7. The summed E-state index contributed by atoms with van der Waals surface area (Å²) in [6.45, 7) is -0.192. The number of methoxy groups -OCH3 is 1. The van der Waals surface area contributed by atoms with E-state index in [-0.39, 0.29) is 25.7 Å². The van der Waals surface area contributed by atoms with Crippen LogP contribution in [0.1, 0.15) is 17.0 Å². The highest BCUT2D eigenvalue weighted by Crippen LogP contribution is 2.44. The summed E-state index contributed by atoms with van der Waals surface area (Å²) in [4.78, 5) is 37.9. The van der Waals surface area contributed by atoms with Crippen LogP contribution in [0.3, 0.4) is 0 Å². The first-order valence-electron chi connectivity index (χ1n) is 10.6. The number of carbonyl (C=O) groups excluding carboxylic acids is 2. The molecule has 2 amide bonds. The van der Waals surface area contributed by atoms with Gasteiger partial charge in [-0.3, -0.25) is 9.59 Å². The lowest BCUT2D eigenvalue weighted by Gasteiger charge is -2.26. The molecule has 1 aliphatic carbocycles. The van der Waals surface area contributed by atoms with Crippen LogP contribution in [0.15, 0.2) is 48.5 Å². The second kappa shape index (κ2) is 11.7. The molecule has 3 rings (SSSR count). The van der Waals surface area contributed by atoms with Crippen molar-refractivity contribution in [2.45, 2.75) is 12.0 Å². The van der Waals surface area contributed by atoms with Gasteiger partial charge in [-0.05, 0) is 28.5 Å².